The summed E-state index contributed by atoms with van der Waals surface area (Å²) >= 11 is 0. The largest absolute Gasteiger partial charge is 0.356 e. The molecule has 1 aromatic heterocycles. The van der Waals surface area contributed by atoms with Crippen LogP contribution in [0.3, 0.4) is 0 Å². The Balaban J connectivity index is 2.07. The van der Waals surface area contributed by atoms with E-state index in [-0.39, 0.29) is 30.7 Å². The molecule has 2 rings (SSSR count). The van der Waals surface area contributed by atoms with Crippen LogP contribution in [0, 0.1) is 5.92 Å². The predicted molar refractivity (Wildman–Crippen MR) is 110 cm³/mol. The minimum absolute atomic E-state index is 0.0381. The summed E-state index contributed by atoms with van der Waals surface area (Å²) in [6.45, 7) is 6.72. The van der Waals surface area contributed by atoms with Crippen molar-refractivity contribution in [2.75, 3.05) is 32.4 Å². The van der Waals surface area contributed by atoms with Gasteiger partial charge in [-0.1, -0.05) is 0 Å². The summed E-state index contributed by atoms with van der Waals surface area (Å²) in [4.78, 5) is 27.0. The fourth-order valence-electron chi connectivity index (χ4n) is 3.53. The lowest BCUT2D eigenvalue weighted by Crippen LogP contribution is -2.37. The number of hydrogen-bond donors (Lipinski definition) is 1. The van der Waals surface area contributed by atoms with E-state index in [1.54, 1.807) is 11.1 Å². The van der Waals surface area contributed by atoms with E-state index in [4.69, 9.17) is 0 Å². The van der Waals surface area contributed by atoms with E-state index in [0.29, 0.717) is 45.4 Å². The molecule has 0 aromatic carbocycles. The number of aryl methyl sites for hydroxylation is 1. The quantitative estimate of drug-likeness (QED) is 0.724. The highest BCUT2D eigenvalue weighted by Gasteiger charge is 2.26. The van der Waals surface area contributed by atoms with Crippen molar-refractivity contribution in [1.82, 2.24) is 24.3 Å². The molecular formula is C19H33N5O4S. The van der Waals surface area contributed by atoms with Gasteiger partial charge in [0.25, 0.3) is 0 Å². The zero-order valence-corrected chi connectivity index (χ0v) is 18.4. The Bertz CT molecular complexity index is 792. The monoisotopic (exact) mass is 427 g/mol. The van der Waals surface area contributed by atoms with Crippen molar-refractivity contribution >= 4 is 21.8 Å². The van der Waals surface area contributed by atoms with Gasteiger partial charge in [0.2, 0.25) is 21.8 Å². The second-order valence-electron chi connectivity index (χ2n) is 7.45. The summed E-state index contributed by atoms with van der Waals surface area (Å²) in [6.07, 6.45) is 6.73. The maximum Gasteiger partial charge on any atom is 0.226 e. The summed E-state index contributed by atoms with van der Waals surface area (Å²) in [6, 6.07) is 0. The maximum absolute atomic E-state index is 13.2. The highest BCUT2D eigenvalue weighted by Crippen LogP contribution is 2.18. The van der Waals surface area contributed by atoms with Crippen molar-refractivity contribution in [1.29, 1.82) is 0 Å². The van der Waals surface area contributed by atoms with Gasteiger partial charge in [0.1, 0.15) is 0 Å². The molecule has 0 spiro atoms. The first-order valence-corrected chi connectivity index (χ1v) is 12.1. The van der Waals surface area contributed by atoms with Crippen LogP contribution in [0.4, 0.5) is 0 Å². The van der Waals surface area contributed by atoms with Crippen LogP contribution >= 0.6 is 0 Å². The molecule has 1 N–H and O–H groups in total. The van der Waals surface area contributed by atoms with Crippen molar-refractivity contribution in [3.05, 3.63) is 18.0 Å². The lowest BCUT2D eigenvalue weighted by atomic mass is 9.97. The average molecular weight is 428 g/mol. The summed E-state index contributed by atoms with van der Waals surface area (Å²) in [5, 5.41) is 7.07. The highest BCUT2D eigenvalue weighted by molar-refractivity contribution is 7.88. The number of aromatic nitrogens is 2. The normalized spacial score (nSPS) is 20.0. The summed E-state index contributed by atoms with van der Waals surface area (Å²) in [5.74, 6) is -0.404. The molecule has 0 aliphatic carbocycles. The number of hydrogen-bond acceptors (Lipinski definition) is 5. The molecule has 1 unspecified atom stereocenters. The Morgan fingerprint density at radius 2 is 2.07 bits per heavy atom. The van der Waals surface area contributed by atoms with Crippen LogP contribution in [-0.4, -0.2) is 71.7 Å². The molecule has 2 heterocycles. The van der Waals surface area contributed by atoms with Crippen molar-refractivity contribution in [3.8, 4) is 0 Å². The van der Waals surface area contributed by atoms with Crippen molar-refractivity contribution in [2.45, 2.75) is 52.6 Å². The molecule has 9 nitrogen and oxygen atoms in total. The number of nitrogens with zero attached hydrogens (tertiary/aromatic N) is 4. The van der Waals surface area contributed by atoms with Gasteiger partial charge < -0.3 is 10.2 Å². The molecule has 2 amide bonds. The van der Waals surface area contributed by atoms with Crippen molar-refractivity contribution < 1.29 is 18.0 Å². The summed E-state index contributed by atoms with van der Waals surface area (Å²) < 4.78 is 27.1. The van der Waals surface area contributed by atoms with Crippen molar-refractivity contribution in [2.24, 2.45) is 5.92 Å². The fraction of sp³-hybridized carbons (Fsp3) is 0.737. The van der Waals surface area contributed by atoms with Crippen molar-refractivity contribution in [3.63, 3.8) is 0 Å². The highest BCUT2D eigenvalue weighted by atomic mass is 32.2. The maximum atomic E-state index is 13.2. The lowest BCUT2D eigenvalue weighted by Gasteiger charge is -2.26. The molecular weight excluding hydrogens is 394 g/mol. The average Bonchev–Trinajstić information content (AvgIpc) is 3.11. The molecule has 1 aromatic rings. The zero-order chi connectivity index (χ0) is 21.4. The molecule has 1 fully saturated rings. The first-order chi connectivity index (χ1) is 13.7. The Morgan fingerprint density at radius 3 is 2.69 bits per heavy atom. The van der Waals surface area contributed by atoms with Gasteiger partial charge in [-0.15, -0.1) is 0 Å². The first-order valence-electron chi connectivity index (χ1n) is 10.3. The van der Waals surface area contributed by atoms with Crippen LogP contribution in [0.2, 0.25) is 0 Å². The Kier molecular flexibility index (Phi) is 8.63. The van der Waals surface area contributed by atoms with Gasteiger partial charge in [-0.2, -0.15) is 5.10 Å². The van der Waals surface area contributed by atoms with E-state index in [1.807, 2.05) is 24.7 Å². The van der Waals surface area contributed by atoms with E-state index in [9.17, 15) is 18.0 Å². The fourth-order valence-corrected chi connectivity index (χ4v) is 4.42. The van der Waals surface area contributed by atoms with E-state index < -0.39 is 10.0 Å². The van der Waals surface area contributed by atoms with Crippen LogP contribution in [0.5, 0.6) is 0 Å². The first kappa shape index (κ1) is 23.3. The molecule has 10 heteroatoms. The minimum Gasteiger partial charge on any atom is -0.356 e. The Morgan fingerprint density at radius 1 is 1.31 bits per heavy atom. The molecule has 164 valence electrons. The van der Waals surface area contributed by atoms with Gasteiger partial charge in [-0.25, -0.2) is 12.7 Å². The number of rotatable bonds is 6. The molecule has 0 radical (unpaired) electrons. The third-order valence-corrected chi connectivity index (χ3v) is 6.56. The number of amides is 2. The number of nitrogens with one attached hydrogen (secondary N) is 1. The van der Waals surface area contributed by atoms with E-state index in [1.165, 1.54) is 4.31 Å². The molecule has 1 atom stereocenters. The van der Waals surface area contributed by atoms with Gasteiger partial charge in [0, 0.05) is 63.4 Å². The van der Waals surface area contributed by atoms with Crippen LogP contribution in [-0.2, 0) is 32.7 Å². The molecule has 1 aliphatic heterocycles. The van der Waals surface area contributed by atoms with E-state index in [0.717, 1.165) is 18.4 Å². The molecule has 0 bridgehead atoms. The van der Waals surface area contributed by atoms with Crippen LogP contribution < -0.4 is 5.32 Å². The standard InChI is InChI=1S/C19H33N5O4S/c1-4-22(14-16-13-21-23(5-2)15-16)19(26)17-7-6-11-24(29(3,27)28)12-9-18(25)20-10-8-17/h13,15,17H,4-12,14H2,1-3H3,(H,20,25). The van der Waals surface area contributed by atoms with Crippen LogP contribution in [0.25, 0.3) is 0 Å². The summed E-state index contributed by atoms with van der Waals surface area (Å²) in [7, 11) is -3.38. The van der Waals surface area contributed by atoms with Gasteiger partial charge in [0.05, 0.1) is 12.5 Å². The topological polar surface area (TPSA) is 105 Å². The second-order valence-corrected chi connectivity index (χ2v) is 9.43. The van der Waals surface area contributed by atoms with Crippen LogP contribution in [0.1, 0.15) is 45.1 Å². The van der Waals surface area contributed by atoms with Gasteiger partial charge >= 0.3 is 0 Å². The van der Waals surface area contributed by atoms with E-state index >= 15 is 0 Å². The van der Waals surface area contributed by atoms with Gasteiger partial charge in [0.15, 0.2) is 0 Å². The Labute approximate surface area is 173 Å². The molecule has 0 saturated carbocycles. The van der Waals surface area contributed by atoms with Gasteiger partial charge in [-0.05, 0) is 33.1 Å². The third kappa shape index (κ3) is 7.11. The predicted octanol–water partition coefficient (Wildman–Crippen LogP) is 0.820. The molecule has 29 heavy (non-hydrogen) atoms. The second kappa shape index (κ2) is 10.7. The summed E-state index contributed by atoms with van der Waals surface area (Å²) in [5.41, 5.74) is 0.982. The molecule has 1 saturated heterocycles. The SMILES string of the molecule is CCN(Cc1cnn(CC)c1)C(=O)C1CCCN(S(C)(=O)=O)CCC(=O)NCC1. The van der Waals surface area contributed by atoms with E-state index in [2.05, 4.69) is 10.4 Å². The number of carbonyl (C=O) groups is 2. The number of carbonyl (C=O) groups excluding carboxylic acids is 2. The molecule has 1 aliphatic rings. The van der Waals surface area contributed by atoms with Gasteiger partial charge in [-0.3, -0.25) is 14.3 Å². The third-order valence-electron chi connectivity index (χ3n) is 5.26. The lowest BCUT2D eigenvalue weighted by molar-refractivity contribution is -0.136. The Hall–Kier alpha value is -1.94. The van der Waals surface area contributed by atoms with Crippen LogP contribution in [0.15, 0.2) is 12.4 Å². The minimum atomic E-state index is -3.38. The number of sulfonamides is 1. The zero-order valence-electron chi connectivity index (χ0n) is 17.6. The smallest absolute Gasteiger partial charge is 0.226 e.